The number of ketones is 1. The number of amides is 1. The summed E-state index contributed by atoms with van der Waals surface area (Å²) in [5.74, 6) is -0.964. The summed E-state index contributed by atoms with van der Waals surface area (Å²) in [7, 11) is 1.71. The molecule has 0 saturated heterocycles. The van der Waals surface area contributed by atoms with Crippen LogP contribution in [-0.4, -0.2) is 40.6 Å². The fourth-order valence-electron chi connectivity index (χ4n) is 2.67. The van der Waals surface area contributed by atoms with Gasteiger partial charge in [-0.05, 0) is 31.4 Å². The molecule has 8 heteroatoms. The minimum atomic E-state index is -0.632. The molecule has 2 aromatic rings. The number of esters is 1. The Kier molecular flexibility index (Phi) is 8.15. The number of hydrogen-bond acceptors (Lipinski definition) is 5. The van der Waals surface area contributed by atoms with E-state index in [-0.39, 0.29) is 18.3 Å². The van der Waals surface area contributed by atoms with Crippen LogP contribution in [0.4, 0.5) is 0 Å². The van der Waals surface area contributed by atoms with Gasteiger partial charge in [0.15, 0.2) is 12.4 Å². The molecule has 0 saturated carbocycles. The molecule has 0 unspecified atom stereocenters. The van der Waals surface area contributed by atoms with Gasteiger partial charge < -0.3 is 10.1 Å². The summed E-state index contributed by atoms with van der Waals surface area (Å²) in [6.07, 6.45) is 4.36. The number of carbonyl (C=O) groups is 3. The van der Waals surface area contributed by atoms with Crippen molar-refractivity contribution in [3.05, 3.63) is 57.9 Å². The first-order valence-electron chi connectivity index (χ1n) is 9.18. The number of benzene rings is 1. The van der Waals surface area contributed by atoms with Crippen molar-refractivity contribution in [3.63, 3.8) is 0 Å². The quantitative estimate of drug-likeness (QED) is 0.293. The normalized spacial score (nSPS) is 10.9. The molecule has 2 rings (SSSR count). The molecule has 0 aliphatic heterocycles. The number of aromatic nitrogens is 2. The molecule has 0 atom stereocenters. The summed E-state index contributed by atoms with van der Waals surface area (Å²) in [6, 6.07) is 7.13. The Hall–Kier alpha value is -2.93. The van der Waals surface area contributed by atoms with Crippen molar-refractivity contribution in [1.29, 1.82) is 0 Å². The van der Waals surface area contributed by atoms with Gasteiger partial charge in [-0.2, -0.15) is 5.10 Å². The van der Waals surface area contributed by atoms with Crippen molar-refractivity contribution in [3.8, 4) is 0 Å². The van der Waals surface area contributed by atoms with E-state index in [0.717, 1.165) is 18.4 Å². The SMILES string of the molecule is CC(=O)NCCCc1ccc(C(=O)COC(=O)/C=C/c2c(C)nn(C)c2Cl)cc1. The molecule has 0 aliphatic rings. The molecule has 1 heterocycles. The number of nitrogens with zero attached hydrogens (tertiary/aromatic N) is 2. The molecule has 1 N–H and O–H groups in total. The highest BCUT2D eigenvalue weighted by molar-refractivity contribution is 6.31. The molecule has 0 fully saturated rings. The summed E-state index contributed by atoms with van der Waals surface area (Å²) >= 11 is 6.10. The maximum absolute atomic E-state index is 12.2. The Morgan fingerprint density at radius 2 is 1.93 bits per heavy atom. The lowest BCUT2D eigenvalue weighted by Gasteiger charge is -2.05. The van der Waals surface area contributed by atoms with Crippen LogP contribution in [0, 0.1) is 6.92 Å². The second-order valence-electron chi connectivity index (χ2n) is 6.56. The zero-order chi connectivity index (χ0) is 21.4. The summed E-state index contributed by atoms with van der Waals surface area (Å²) in [5, 5.41) is 7.31. The standard InChI is InChI=1S/C21H24ClN3O4/c1-14-18(21(22)25(3)24-14)10-11-20(28)29-13-19(27)17-8-6-16(7-9-17)5-4-12-23-15(2)26/h6-11H,4-5,12-13H2,1-3H3,(H,23,26)/b11-10+. The average molecular weight is 418 g/mol. The van der Waals surface area contributed by atoms with Gasteiger partial charge in [0.05, 0.1) is 5.69 Å². The number of aryl methyl sites for hydroxylation is 3. The Morgan fingerprint density at radius 3 is 2.52 bits per heavy atom. The first kappa shape index (κ1) is 22.4. The van der Waals surface area contributed by atoms with E-state index in [0.29, 0.717) is 28.5 Å². The zero-order valence-corrected chi connectivity index (χ0v) is 17.5. The first-order valence-corrected chi connectivity index (χ1v) is 9.56. The van der Waals surface area contributed by atoms with Crippen molar-refractivity contribution in [2.24, 2.45) is 7.05 Å². The summed E-state index contributed by atoms with van der Waals surface area (Å²) in [4.78, 5) is 34.9. The third kappa shape index (κ3) is 6.87. The predicted octanol–water partition coefficient (Wildman–Crippen LogP) is 2.89. The number of hydrogen-bond donors (Lipinski definition) is 1. The van der Waals surface area contributed by atoms with E-state index in [9.17, 15) is 14.4 Å². The average Bonchev–Trinajstić information content (AvgIpc) is 2.93. The molecule has 154 valence electrons. The van der Waals surface area contributed by atoms with Gasteiger partial charge in [0.2, 0.25) is 5.91 Å². The Morgan fingerprint density at radius 1 is 1.24 bits per heavy atom. The van der Waals surface area contributed by atoms with Crippen molar-refractivity contribution < 1.29 is 19.1 Å². The van der Waals surface area contributed by atoms with Crippen molar-refractivity contribution in [2.75, 3.05) is 13.2 Å². The topological polar surface area (TPSA) is 90.3 Å². The van der Waals surface area contributed by atoms with Crippen LogP contribution in [0.5, 0.6) is 0 Å². The lowest BCUT2D eigenvalue weighted by Crippen LogP contribution is -2.21. The lowest BCUT2D eigenvalue weighted by atomic mass is 10.1. The molecule has 1 amide bonds. The molecular weight excluding hydrogens is 394 g/mol. The van der Waals surface area contributed by atoms with Gasteiger partial charge in [0, 0.05) is 37.7 Å². The number of ether oxygens (including phenoxy) is 1. The summed E-state index contributed by atoms with van der Waals surface area (Å²) < 4.78 is 6.52. The number of nitrogens with one attached hydrogen (secondary N) is 1. The Balaban J connectivity index is 1.81. The number of carbonyl (C=O) groups excluding carboxylic acids is 3. The molecule has 0 spiro atoms. The fraction of sp³-hybridized carbons (Fsp3) is 0.333. The van der Waals surface area contributed by atoms with Crippen LogP contribution >= 0.6 is 11.6 Å². The van der Waals surface area contributed by atoms with Crippen LogP contribution in [-0.2, 0) is 27.8 Å². The third-order valence-electron chi connectivity index (χ3n) is 4.22. The van der Waals surface area contributed by atoms with Gasteiger partial charge in [0.25, 0.3) is 0 Å². The molecule has 1 aromatic carbocycles. The second-order valence-corrected chi connectivity index (χ2v) is 6.92. The van der Waals surface area contributed by atoms with Gasteiger partial charge in [0.1, 0.15) is 5.15 Å². The predicted molar refractivity (Wildman–Crippen MR) is 111 cm³/mol. The van der Waals surface area contributed by atoms with Crippen LogP contribution in [0.1, 0.15) is 40.5 Å². The zero-order valence-electron chi connectivity index (χ0n) is 16.7. The maximum atomic E-state index is 12.2. The molecule has 0 radical (unpaired) electrons. The number of rotatable bonds is 9. The van der Waals surface area contributed by atoms with Gasteiger partial charge in [-0.1, -0.05) is 35.9 Å². The molecular formula is C21H24ClN3O4. The van der Waals surface area contributed by atoms with E-state index in [1.165, 1.54) is 23.8 Å². The Bertz CT molecular complexity index is 917. The monoisotopic (exact) mass is 417 g/mol. The van der Waals surface area contributed by atoms with Crippen molar-refractivity contribution in [2.45, 2.75) is 26.7 Å². The summed E-state index contributed by atoms with van der Waals surface area (Å²) in [6.45, 7) is 3.54. The van der Waals surface area contributed by atoms with Crippen LogP contribution in [0.15, 0.2) is 30.3 Å². The van der Waals surface area contributed by atoms with Gasteiger partial charge >= 0.3 is 5.97 Å². The summed E-state index contributed by atoms with van der Waals surface area (Å²) in [5.41, 5.74) is 2.86. The molecule has 7 nitrogen and oxygen atoms in total. The van der Waals surface area contributed by atoms with E-state index in [4.69, 9.17) is 16.3 Å². The molecule has 1 aromatic heterocycles. The first-order chi connectivity index (χ1) is 13.8. The fourth-order valence-corrected chi connectivity index (χ4v) is 2.91. The van der Waals surface area contributed by atoms with Crippen LogP contribution in [0.25, 0.3) is 6.08 Å². The van der Waals surface area contributed by atoms with Crippen LogP contribution in [0.2, 0.25) is 5.15 Å². The number of Topliss-reactive ketones (excluding diaryl/α,β-unsaturated/α-hetero) is 1. The van der Waals surface area contributed by atoms with E-state index in [2.05, 4.69) is 10.4 Å². The lowest BCUT2D eigenvalue weighted by molar-refractivity contribution is -0.136. The van der Waals surface area contributed by atoms with Crippen molar-refractivity contribution >= 4 is 35.3 Å². The molecule has 0 bridgehead atoms. The van der Waals surface area contributed by atoms with E-state index in [1.54, 1.807) is 26.1 Å². The van der Waals surface area contributed by atoms with E-state index >= 15 is 0 Å². The highest BCUT2D eigenvalue weighted by atomic mass is 35.5. The number of halogens is 1. The van der Waals surface area contributed by atoms with Gasteiger partial charge in [-0.15, -0.1) is 0 Å². The van der Waals surface area contributed by atoms with Gasteiger partial charge in [-0.3, -0.25) is 14.3 Å². The van der Waals surface area contributed by atoms with Crippen LogP contribution in [0.3, 0.4) is 0 Å². The molecule has 29 heavy (non-hydrogen) atoms. The van der Waals surface area contributed by atoms with Gasteiger partial charge in [-0.25, -0.2) is 4.79 Å². The maximum Gasteiger partial charge on any atom is 0.331 e. The van der Waals surface area contributed by atoms with E-state index in [1.807, 2.05) is 12.1 Å². The van der Waals surface area contributed by atoms with E-state index < -0.39 is 5.97 Å². The highest BCUT2D eigenvalue weighted by Crippen LogP contribution is 2.20. The van der Waals surface area contributed by atoms with Crippen LogP contribution < -0.4 is 5.32 Å². The minimum Gasteiger partial charge on any atom is -0.454 e. The van der Waals surface area contributed by atoms with Crippen molar-refractivity contribution in [1.82, 2.24) is 15.1 Å². The largest absolute Gasteiger partial charge is 0.454 e. The minimum absolute atomic E-state index is 0.0472. The smallest absolute Gasteiger partial charge is 0.331 e. The highest BCUT2D eigenvalue weighted by Gasteiger charge is 2.11. The Labute approximate surface area is 174 Å². The third-order valence-corrected chi connectivity index (χ3v) is 4.67. The molecule has 0 aliphatic carbocycles. The second kappa shape index (κ2) is 10.6.